The van der Waals surface area contributed by atoms with Gasteiger partial charge in [0, 0.05) is 0 Å². The zero-order valence-electron chi connectivity index (χ0n) is 1.41. The zero-order valence-corrected chi connectivity index (χ0v) is 1.41. The molecular weight excluding hydrogens is 66.0 g/mol. The highest BCUT2D eigenvalue weighted by molar-refractivity contribution is 5.26. The van der Waals surface area contributed by atoms with Crippen molar-refractivity contribution in [3.05, 3.63) is 0 Å². The van der Waals surface area contributed by atoms with E-state index in [-0.39, 0.29) is 14.9 Å². The summed E-state index contributed by atoms with van der Waals surface area (Å²) in [5, 5.41) is 5.40. The molecule has 0 radical (unpaired) electrons. The first-order chi connectivity index (χ1) is 1.41. The standard InChI is InChI=1S/CHNO.2CH4/c2-1-3;;/h2H;2*1H4. The Kier molecular flexibility index (Phi) is 697. The molecule has 0 bridgehead atoms. The Balaban J connectivity index is -0.0000000200. The van der Waals surface area contributed by atoms with Crippen LogP contribution in [0.2, 0.25) is 0 Å². The van der Waals surface area contributed by atoms with Crippen LogP contribution < -0.4 is 0 Å². The minimum Gasteiger partial charge on any atom is -0.222 e. The van der Waals surface area contributed by atoms with E-state index in [4.69, 9.17) is 10.2 Å². The highest BCUT2D eigenvalue weighted by atomic mass is 16.1. The van der Waals surface area contributed by atoms with Crippen molar-refractivity contribution in [1.82, 2.24) is 0 Å². The van der Waals surface area contributed by atoms with E-state index in [1.807, 2.05) is 0 Å². The van der Waals surface area contributed by atoms with Gasteiger partial charge >= 0.3 is 0 Å². The van der Waals surface area contributed by atoms with Gasteiger partial charge in [-0.1, -0.05) is 14.9 Å². The third kappa shape index (κ3) is 16.7. The van der Waals surface area contributed by atoms with Gasteiger partial charge in [0.1, 0.15) is 0 Å². The molecule has 0 aliphatic heterocycles. The number of nitrogens with one attached hydrogen (secondary N) is 1. The summed E-state index contributed by atoms with van der Waals surface area (Å²) in [5.74, 6) is 0. The van der Waals surface area contributed by atoms with Crippen molar-refractivity contribution in [2.75, 3.05) is 0 Å². The third-order valence-corrected chi connectivity index (χ3v) is 0. The summed E-state index contributed by atoms with van der Waals surface area (Å²) < 4.78 is 0. The fourth-order valence-corrected chi connectivity index (χ4v) is 0. The summed E-state index contributed by atoms with van der Waals surface area (Å²) in [6, 6.07) is 0. The van der Waals surface area contributed by atoms with Crippen LogP contribution in [-0.4, -0.2) is 6.08 Å². The second-order valence-corrected chi connectivity index (χ2v) is 0.102. The first-order valence-corrected chi connectivity index (χ1v) is 0.454. The lowest BCUT2D eigenvalue weighted by molar-refractivity contribution is 0.563. The Bertz CT molecular complexity index is 27.9. The molecule has 0 atom stereocenters. The lowest BCUT2D eigenvalue weighted by atomic mass is 11.7. The van der Waals surface area contributed by atoms with Crippen molar-refractivity contribution in [3.8, 4) is 0 Å². The maximum Gasteiger partial charge on any atom is 0.231 e. The lowest BCUT2D eigenvalue weighted by Crippen LogP contribution is -1.16. The maximum atomic E-state index is 8.35. The van der Waals surface area contributed by atoms with E-state index in [2.05, 4.69) is 0 Å². The molecule has 0 saturated heterocycles. The molecule has 32 valence electrons. The van der Waals surface area contributed by atoms with Gasteiger partial charge in [0.2, 0.25) is 6.08 Å². The average Bonchev–Trinajstić information content (AvgIpc) is 0.918. The van der Waals surface area contributed by atoms with E-state index < -0.39 is 0 Å². The van der Waals surface area contributed by atoms with Gasteiger partial charge in [0.25, 0.3) is 0 Å². The maximum absolute atomic E-state index is 8.35. The van der Waals surface area contributed by atoms with Crippen molar-refractivity contribution in [1.29, 1.82) is 5.41 Å². The number of carbonyl (C=O) groups excluding carboxylic acids is 1. The second-order valence-electron chi connectivity index (χ2n) is 0.102. The minimum atomic E-state index is 0. The first kappa shape index (κ1) is 26.3. The van der Waals surface area contributed by atoms with Crippen molar-refractivity contribution in [3.63, 3.8) is 0 Å². The second kappa shape index (κ2) is 133. The van der Waals surface area contributed by atoms with Gasteiger partial charge in [0.15, 0.2) is 0 Å². The topological polar surface area (TPSA) is 40.9 Å². The van der Waals surface area contributed by atoms with Gasteiger partial charge < -0.3 is 0 Å². The highest BCUT2D eigenvalue weighted by Crippen LogP contribution is 0.868. The van der Waals surface area contributed by atoms with Gasteiger partial charge in [-0.15, -0.1) is 0 Å². The van der Waals surface area contributed by atoms with E-state index in [1.165, 1.54) is 0 Å². The normalized spacial score (nSPS) is 1.60. The van der Waals surface area contributed by atoms with Gasteiger partial charge in [-0.3, -0.25) is 0 Å². The summed E-state index contributed by atoms with van der Waals surface area (Å²) in [7, 11) is 0. The fraction of sp³-hybridized carbons (Fsp3) is 0.667. The molecule has 0 aliphatic rings. The Labute approximate surface area is 32.3 Å². The third-order valence-electron chi connectivity index (χ3n) is 0. The Morgan fingerprint density at radius 2 is 1.40 bits per heavy atom. The number of hydrogen-bond donors (Lipinski definition) is 1. The van der Waals surface area contributed by atoms with E-state index in [0.29, 0.717) is 0 Å². The van der Waals surface area contributed by atoms with Crippen LogP contribution in [0.4, 0.5) is 0 Å². The predicted molar refractivity (Wildman–Crippen MR) is 21.9 cm³/mol. The van der Waals surface area contributed by atoms with Crippen LogP contribution >= 0.6 is 0 Å². The lowest BCUT2D eigenvalue weighted by Gasteiger charge is -1.02. The Morgan fingerprint density at radius 3 is 1.40 bits per heavy atom. The molecule has 1 N–H and O–H groups in total. The molecule has 0 spiro atoms. The van der Waals surface area contributed by atoms with Crippen LogP contribution in [0, 0.1) is 5.41 Å². The van der Waals surface area contributed by atoms with Gasteiger partial charge in [-0.05, 0) is 0 Å². The molecule has 2 nitrogen and oxygen atoms in total. The van der Waals surface area contributed by atoms with Crippen LogP contribution in [0.3, 0.4) is 0 Å². The van der Waals surface area contributed by atoms with Gasteiger partial charge in [-0.2, -0.15) is 0 Å². The molecule has 0 heterocycles. The Hall–Kier alpha value is -0.620. The number of isocyanates is 1. The molecule has 0 amide bonds. The van der Waals surface area contributed by atoms with Crippen molar-refractivity contribution < 1.29 is 4.79 Å². The van der Waals surface area contributed by atoms with E-state index in [0.717, 1.165) is 6.08 Å². The molecule has 2 heteroatoms. The quantitative estimate of drug-likeness (QED) is 0.341. The summed E-state index contributed by atoms with van der Waals surface area (Å²) in [6.45, 7) is 0. The molecular formula is C3H9NO. The average molecular weight is 75.1 g/mol. The molecule has 0 aromatic rings. The number of hydrogen-bond acceptors (Lipinski definition) is 2. The first-order valence-electron chi connectivity index (χ1n) is 0.454. The largest absolute Gasteiger partial charge is 0.231 e. The van der Waals surface area contributed by atoms with Crippen LogP contribution in [0.1, 0.15) is 14.9 Å². The van der Waals surface area contributed by atoms with Crippen molar-refractivity contribution in [2.24, 2.45) is 0 Å². The molecule has 0 rings (SSSR count). The van der Waals surface area contributed by atoms with Crippen LogP contribution in [0.15, 0.2) is 0 Å². The summed E-state index contributed by atoms with van der Waals surface area (Å²) in [6.07, 6.45) is 0.750. The molecule has 0 saturated carbocycles. The molecule has 0 unspecified atom stereocenters. The monoisotopic (exact) mass is 75.1 g/mol. The number of rotatable bonds is 0. The highest BCUT2D eigenvalue weighted by Gasteiger charge is 1.03. The Morgan fingerprint density at radius 1 is 1.40 bits per heavy atom. The molecule has 0 aliphatic carbocycles. The van der Waals surface area contributed by atoms with Crippen LogP contribution in [0.25, 0.3) is 0 Å². The molecule has 0 aromatic heterocycles. The van der Waals surface area contributed by atoms with Gasteiger partial charge in [0.05, 0.1) is 0 Å². The van der Waals surface area contributed by atoms with Crippen LogP contribution in [-0.2, 0) is 4.79 Å². The SMILES string of the molecule is C.C.N=C=O. The zero-order chi connectivity index (χ0) is 2.71. The van der Waals surface area contributed by atoms with E-state index in [1.54, 1.807) is 0 Å². The van der Waals surface area contributed by atoms with Gasteiger partial charge in [-0.25, -0.2) is 10.2 Å². The summed E-state index contributed by atoms with van der Waals surface area (Å²) >= 11 is 0. The minimum absolute atomic E-state index is 0. The predicted octanol–water partition coefficient (Wildman–Crippen LogP) is 1.17. The van der Waals surface area contributed by atoms with E-state index in [9.17, 15) is 0 Å². The molecule has 5 heavy (non-hydrogen) atoms. The summed E-state index contributed by atoms with van der Waals surface area (Å²) in [5.41, 5.74) is 0. The van der Waals surface area contributed by atoms with E-state index >= 15 is 0 Å². The van der Waals surface area contributed by atoms with Crippen molar-refractivity contribution >= 4 is 6.08 Å². The molecule has 0 fully saturated rings. The van der Waals surface area contributed by atoms with Crippen LogP contribution in [0.5, 0.6) is 0 Å². The van der Waals surface area contributed by atoms with Crippen molar-refractivity contribution in [2.45, 2.75) is 14.9 Å². The fourth-order valence-electron chi connectivity index (χ4n) is 0. The molecule has 0 aromatic carbocycles. The summed E-state index contributed by atoms with van der Waals surface area (Å²) in [4.78, 5) is 8.35. The smallest absolute Gasteiger partial charge is 0.222 e.